The molecule has 0 aliphatic carbocycles. The van der Waals surface area contributed by atoms with Crippen molar-refractivity contribution in [2.24, 2.45) is 0 Å². The highest BCUT2D eigenvalue weighted by Crippen LogP contribution is 2.31. The number of fused-ring (bicyclic) bond motifs is 1. The Kier molecular flexibility index (Phi) is 4.87. The number of H-pyrrole nitrogens is 1. The number of rotatable bonds is 5. The lowest BCUT2D eigenvalue weighted by Gasteiger charge is -2.12. The molecule has 0 spiro atoms. The van der Waals surface area contributed by atoms with Gasteiger partial charge in [-0.2, -0.15) is 0 Å². The van der Waals surface area contributed by atoms with E-state index in [0.29, 0.717) is 15.6 Å². The maximum Gasteiger partial charge on any atom is 0.311 e. The Balaban J connectivity index is 1.95. The van der Waals surface area contributed by atoms with Crippen molar-refractivity contribution in [1.29, 1.82) is 0 Å². The topological polar surface area (TPSA) is 70.2 Å². The number of nitrogens with one attached hydrogen (secondary N) is 1. The number of carbonyl (C=O) groups excluding carboxylic acids is 1. The van der Waals surface area contributed by atoms with Crippen molar-refractivity contribution in [3.05, 3.63) is 68.7 Å². The molecule has 0 aliphatic rings. The highest BCUT2D eigenvalue weighted by molar-refractivity contribution is 9.11. The van der Waals surface area contributed by atoms with Crippen LogP contribution >= 0.6 is 31.9 Å². The molecule has 6 heteroatoms. The average Bonchev–Trinajstić information content (AvgIpc) is 2.96. The van der Waals surface area contributed by atoms with Crippen LogP contribution in [0.2, 0.25) is 0 Å². The monoisotopic (exact) mass is 449 g/mol. The maximum atomic E-state index is 12.6. The van der Waals surface area contributed by atoms with Crippen LogP contribution in [-0.2, 0) is 4.79 Å². The number of hydrogen-bond donors (Lipinski definition) is 2. The number of ketones is 1. The number of aromatic nitrogens is 1. The van der Waals surface area contributed by atoms with E-state index in [1.807, 2.05) is 24.3 Å². The zero-order valence-electron chi connectivity index (χ0n) is 12.4. The molecule has 4 nitrogen and oxygen atoms in total. The summed E-state index contributed by atoms with van der Waals surface area (Å²) in [4.78, 5) is 27.4. The van der Waals surface area contributed by atoms with Gasteiger partial charge in [0, 0.05) is 38.0 Å². The first-order valence-electron chi connectivity index (χ1n) is 7.24. The molecule has 0 amide bonds. The Morgan fingerprint density at radius 2 is 1.88 bits per heavy atom. The SMILES string of the molecule is O=C(CC(C(=O)O)c1c[nH]c2ccccc12)c1ccc(Br)cc1Br. The fraction of sp³-hybridized carbons (Fsp3) is 0.111. The highest BCUT2D eigenvalue weighted by Gasteiger charge is 2.27. The van der Waals surface area contributed by atoms with Crippen LogP contribution in [0.3, 0.4) is 0 Å². The van der Waals surface area contributed by atoms with E-state index >= 15 is 0 Å². The van der Waals surface area contributed by atoms with Crippen LogP contribution in [0.25, 0.3) is 10.9 Å². The van der Waals surface area contributed by atoms with Crippen LogP contribution in [0, 0.1) is 0 Å². The molecule has 0 bridgehead atoms. The number of halogens is 2. The van der Waals surface area contributed by atoms with Gasteiger partial charge >= 0.3 is 5.97 Å². The van der Waals surface area contributed by atoms with Gasteiger partial charge in [0.05, 0.1) is 5.92 Å². The third-order valence-electron chi connectivity index (χ3n) is 3.92. The van der Waals surface area contributed by atoms with E-state index in [9.17, 15) is 14.7 Å². The van der Waals surface area contributed by atoms with Gasteiger partial charge in [-0.3, -0.25) is 9.59 Å². The molecule has 0 saturated heterocycles. The standard InChI is InChI=1S/C18H13Br2NO3/c19-10-5-6-12(15(20)7-10)17(22)8-13(18(23)24)14-9-21-16-4-2-1-3-11(14)16/h1-7,9,13,21H,8H2,(H,23,24). The fourth-order valence-electron chi connectivity index (χ4n) is 2.72. The third-order valence-corrected chi connectivity index (χ3v) is 5.07. The maximum absolute atomic E-state index is 12.6. The van der Waals surface area contributed by atoms with Crippen molar-refractivity contribution in [2.75, 3.05) is 0 Å². The van der Waals surface area contributed by atoms with E-state index in [1.54, 1.807) is 24.4 Å². The second-order valence-electron chi connectivity index (χ2n) is 5.43. The summed E-state index contributed by atoms with van der Waals surface area (Å²) in [5, 5.41) is 10.5. The summed E-state index contributed by atoms with van der Waals surface area (Å²) in [6, 6.07) is 12.7. The molecule has 0 fully saturated rings. The Hall–Kier alpha value is -1.92. The van der Waals surface area contributed by atoms with Crippen molar-refractivity contribution in [3.63, 3.8) is 0 Å². The van der Waals surface area contributed by atoms with E-state index in [1.165, 1.54) is 0 Å². The summed E-state index contributed by atoms with van der Waals surface area (Å²) in [7, 11) is 0. The summed E-state index contributed by atoms with van der Waals surface area (Å²) >= 11 is 6.70. The minimum absolute atomic E-state index is 0.0998. The lowest BCUT2D eigenvalue weighted by Crippen LogP contribution is -2.16. The van der Waals surface area contributed by atoms with Gasteiger partial charge in [0.2, 0.25) is 0 Å². The number of Topliss-reactive ketones (excluding diaryl/α,β-unsaturated/α-hetero) is 1. The molecule has 0 radical (unpaired) electrons. The third kappa shape index (κ3) is 3.30. The largest absolute Gasteiger partial charge is 0.481 e. The first-order chi connectivity index (χ1) is 11.5. The van der Waals surface area contributed by atoms with Crippen molar-refractivity contribution >= 4 is 54.5 Å². The number of carboxylic acid groups (broad SMARTS) is 1. The number of para-hydroxylation sites is 1. The van der Waals surface area contributed by atoms with Crippen molar-refractivity contribution in [1.82, 2.24) is 4.98 Å². The number of aromatic amines is 1. The molecule has 1 heterocycles. The van der Waals surface area contributed by atoms with Crippen molar-refractivity contribution in [3.8, 4) is 0 Å². The quantitative estimate of drug-likeness (QED) is 0.529. The van der Waals surface area contributed by atoms with Gasteiger partial charge in [-0.1, -0.05) is 50.1 Å². The number of hydrogen-bond acceptors (Lipinski definition) is 2. The van der Waals surface area contributed by atoms with Gasteiger partial charge in [0.15, 0.2) is 5.78 Å². The molecule has 0 saturated carbocycles. The molecule has 1 atom stereocenters. The molecule has 3 aromatic rings. The Bertz CT molecular complexity index is 933. The van der Waals surface area contributed by atoms with Gasteiger partial charge < -0.3 is 10.1 Å². The number of aliphatic carboxylic acids is 1. The van der Waals surface area contributed by atoms with E-state index in [0.717, 1.165) is 15.4 Å². The molecular formula is C18H13Br2NO3. The van der Waals surface area contributed by atoms with Gasteiger partial charge in [0.25, 0.3) is 0 Å². The lowest BCUT2D eigenvalue weighted by atomic mass is 9.91. The molecule has 122 valence electrons. The Morgan fingerprint density at radius 3 is 2.58 bits per heavy atom. The summed E-state index contributed by atoms with van der Waals surface area (Å²) in [5.41, 5.74) is 1.96. The van der Waals surface area contributed by atoms with E-state index in [2.05, 4.69) is 36.8 Å². The molecular weight excluding hydrogens is 438 g/mol. The smallest absolute Gasteiger partial charge is 0.311 e. The van der Waals surface area contributed by atoms with Crippen LogP contribution in [-0.4, -0.2) is 21.8 Å². The summed E-state index contributed by atoms with van der Waals surface area (Å²) in [6.45, 7) is 0. The normalized spacial score (nSPS) is 12.2. The van der Waals surface area contributed by atoms with Crippen LogP contribution in [0.1, 0.15) is 28.3 Å². The minimum atomic E-state index is -1.01. The molecule has 24 heavy (non-hydrogen) atoms. The predicted molar refractivity (Wildman–Crippen MR) is 99.5 cm³/mol. The second kappa shape index (κ2) is 6.91. The average molecular weight is 451 g/mol. The van der Waals surface area contributed by atoms with Gasteiger partial charge in [0.1, 0.15) is 0 Å². The highest BCUT2D eigenvalue weighted by atomic mass is 79.9. The lowest BCUT2D eigenvalue weighted by molar-refractivity contribution is -0.138. The van der Waals surface area contributed by atoms with Gasteiger partial charge in [-0.15, -0.1) is 0 Å². The summed E-state index contributed by atoms with van der Waals surface area (Å²) < 4.78 is 1.49. The van der Waals surface area contributed by atoms with Crippen LogP contribution < -0.4 is 0 Å². The molecule has 1 unspecified atom stereocenters. The first-order valence-corrected chi connectivity index (χ1v) is 8.83. The number of benzene rings is 2. The summed E-state index contributed by atoms with van der Waals surface area (Å²) in [6.07, 6.45) is 1.57. The fourth-order valence-corrected chi connectivity index (χ4v) is 3.99. The summed E-state index contributed by atoms with van der Waals surface area (Å²) in [5.74, 6) is -2.13. The van der Waals surface area contributed by atoms with Gasteiger partial charge in [-0.05, 0) is 29.8 Å². The first kappa shape index (κ1) is 16.9. The number of carboxylic acids is 1. The predicted octanol–water partition coefficient (Wildman–Crippen LogP) is 5.13. The van der Waals surface area contributed by atoms with Crippen molar-refractivity contribution in [2.45, 2.75) is 12.3 Å². The van der Waals surface area contributed by atoms with Crippen LogP contribution in [0.5, 0.6) is 0 Å². The second-order valence-corrected chi connectivity index (χ2v) is 7.20. The molecule has 3 rings (SSSR count). The minimum Gasteiger partial charge on any atom is -0.481 e. The van der Waals surface area contributed by atoms with Crippen LogP contribution in [0.15, 0.2) is 57.6 Å². The van der Waals surface area contributed by atoms with E-state index < -0.39 is 11.9 Å². The molecule has 1 aromatic heterocycles. The Morgan fingerprint density at radius 1 is 1.12 bits per heavy atom. The zero-order valence-corrected chi connectivity index (χ0v) is 15.6. The Labute approximate surface area is 155 Å². The van der Waals surface area contributed by atoms with E-state index in [4.69, 9.17) is 0 Å². The van der Waals surface area contributed by atoms with E-state index in [-0.39, 0.29) is 12.2 Å². The van der Waals surface area contributed by atoms with Crippen LogP contribution in [0.4, 0.5) is 0 Å². The number of carbonyl (C=O) groups is 2. The molecule has 2 N–H and O–H groups in total. The molecule has 0 aliphatic heterocycles. The zero-order chi connectivity index (χ0) is 17.3. The van der Waals surface area contributed by atoms with Crippen molar-refractivity contribution < 1.29 is 14.7 Å². The molecule has 2 aromatic carbocycles. The van der Waals surface area contributed by atoms with Gasteiger partial charge in [-0.25, -0.2) is 0 Å².